The fourth-order valence-corrected chi connectivity index (χ4v) is 5.70. The number of nitrogens with zero attached hydrogens (tertiary/aromatic N) is 1. The van der Waals surface area contributed by atoms with Gasteiger partial charge in [-0.15, -0.1) is 0 Å². The van der Waals surface area contributed by atoms with Gasteiger partial charge in [0, 0.05) is 17.7 Å². The van der Waals surface area contributed by atoms with Crippen molar-refractivity contribution < 1.29 is 19.1 Å². The van der Waals surface area contributed by atoms with E-state index < -0.39 is 11.9 Å². The van der Waals surface area contributed by atoms with E-state index in [1.165, 1.54) is 11.8 Å². The Labute approximate surface area is 185 Å². The Bertz CT molecular complexity index is 1030. The molecule has 1 saturated carbocycles. The molecule has 2 unspecified atom stereocenters. The van der Waals surface area contributed by atoms with Crippen molar-refractivity contribution in [2.24, 2.45) is 5.92 Å². The van der Waals surface area contributed by atoms with Gasteiger partial charge in [0.05, 0.1) is 10.8 Å². The highest BCUT2D eigenvalue weighted by Crippen LogP contribution is 2.39. The van der Waals surface area contributed by atoms with Crippen LogP contribution in [0.2, 0.25) is 0 Å². The zero-order valence-electron chi connectivity index (χ0n) is 16.9. The van der Waals surface area contributed by atoms with Gasteiger partial charge in [0.15, 0.2) is 0 Å². The van der Waals surface area contributed by atoms with Gasteiger partial charge in [0.25, 0.3) is 5.91 Å². The molecule has 0 bridgehead atoms. The predicted octanol–water partition coefficient (Wildman–Crippen LogP) is 5.41. The monoisotopic (exact) mass is 441 g/mol. The van der Waals surface area contributed by atoms with E-state index in [2.05, 4.69) is 0 Å². The van der Waals surface area contributed by atoms with Crippen LogP contribution < -0.4 is 0 Å². The van der Waals surface area contributed by atoms with Crippen LogP contribution in [0.5, 0.6) is 0 Å². The molecule has 1 saturated heterocycles. The summed E-state index contributed by atoms with van der Waals surface area (Å²) in [5.41, 5.74) is 3.33. The number of carbonyl (C=O) groups is 2. The highest BCUT2D eigenvalue weighted by Gasteiger charge is 2.40. The van der Waals surface area contributed by atoms with Crippen LogP contribution in [0.25, 0.3) is 17.4 Å². The van der Waals surface area contributed by atoms with Gasteiger partial charge in [-0.05, 0) is 56.4 Å². The van der Waals surface area contributed by atoms with Crippen LogP contribution in [0.3, 0.4) is 0 Å². The maximum absolute atomic E-state index is 13.0. The second kappa shape index (κ2) is 8.40. The molecule has 1 N–H and O–H groups in total. The molecular weight excluding hydrogens is 418 g/mol. The van der Waals surface area contributed by atoms with Crippen molar-refractivity contribution in [3.63, 3.8) is 0 Å². The van der Waals surface area contributed by atoms with E-state index in [1.807, 2.05) is 44.2 Å². The molecule has 1 aromatic carbocycles. The molecule has 0 spiro atoms. The zero-order valence-corrected chi connectivity index (χ0v) is 18.5. The van der Waals surface area contributed by atoms with Gasteiger partial charge in [0.1, 0.15) is 15.8 Å². The van der Waals surface area contributed by atoms with E-state index in [-0.39, 0.29) is 11.9 Å². The largest absolute Gasteiger partial charge is 0.481 e. The van der Waals surface area contributed by atoms with Crippen LogP contribution in [-0.2, 0) is 9.59 Å². The quantitative estimate of drug-likeness (QED) is 0.505. The Morgan fingerprint density at radius 2 is 1.97 bits per heavy atom. The average molecular weight is 442 g/mol. The van der Waals surface area contributed by atoms with Crippen LogP contribution in [0, 0.1) is 19.8 Å². The van der Waals surface area contributed by atoms with Gasteiger partial charge >= 0.3 is 5.97 Å². The lowest BCUT2D eigenvalue weighted by atomic mass is 9.85. The normalized spacial score (nSPS) is 23.4. The lowest BCUT2D eigenvalue weighted by Crippen LogP contribution is -2.42. The first-order valence-electron chi connectivity index (χ1n) is 10.0. The first-order chi connectivity index (χ1) is 14.3. The second-order valence-electron chi connectivity index (χ2n) is 7.88. The number of aliphatic carboxylic acids is 1. The molecule has 2 heterocycles. The molecule has 2 fully saturated rings. The molecule has 1 aliphatic carbocycles. The first kappa shape index (κ1) is 20.9. The summed E-state index contributed by atoms with van der Waals surface area (Å²) in [5.74, 6) is -0.00663. The molecule has 1 amide bonds. The van der Waals surface area contributed by atoms with E-state index in [9.17, 15) is 14.7 Å². The Morgan fingerprint density at radius 1 is 1.23 bits per heavy atom. The number of rotatable bonds is 4. The van der Waals surface area contributed by atoms with Crippen molar-refractivity contribution >= 4 is 46.3 Å². The van der Waals surface area contributed by atoms with Crippen LogP contribution >= 0.6 is 24.0 Å². The Kier molecular flexibility index (Phi) is 5.84. The summed E-state index contributed by atoms with van der Waals surface area (Å²) in [6.07, 6.45) is 4.40. The van der Waals surface area contributed by atoms with E-state index in [1.54, 1.807) is 11.0 Å². The molecule has 7 heteroatoms. The molecule has 2 aromatic rings. The number of thioether (sulfide) groups is 1. The molecule has 156 valence electrons. The summed E-state index contributed by atoms with van der Waals surface area (Å²) in [4.78, 5) is 26.5. The van der Waals surface area contributed by atoms with Gasteiger partial charge in [-0.3, -0.25) is 14.5 Å². The zero-order chi connectivity index (χ0) is 21.4. The average Bonchev–Trinajstić information content (AvgIpc) is 3.26. The summed E-state index contributed by atoms with van der Waals surface area (Å²) < 4.78 is 6.51. The van der Waals surface area contributed by atoms with Crippen molar-refractivity contribution in [2.75, 3.05) is 0 Å². The molecule has 30 heavy (non-hydrogen) atoms. The minimum absolute atomic E-state index is 0.153. The minimum Gasteiger partial charge on any atom is -0.481 e. The van der Waals surface area contributed by atoms with Crippen molar-refractivity contribution in [3.8, 4) is 11.3 Å². The molecule has 2 atom stereocenters. The topological polar surface area (TPSA) is 70.8 Å². The Morgan fingerprint density at radius 3 is 2.67 bits per heavy atom. The van der Waals surface area contributed by atoms with Crippen LogP contribution in [-0.4, -0.2) is 32.2 Å². The number of carbonyl (C=O) groups excluding carboxylic acids is 1. The Balaban J connectivity index is 1.56. The highest BCUT2D eigenvalue weighted by molar-refractivity contribution is 8.26. The number of thiocarbonyl (C=S) groups is 1. The molecule has 1 aliphatic heterocycles. The third kappa shape index (κ3) is 3.96. The summed E-state index contributed by atoms with van der Waals surface area (Å²) in [6.45, 7) is 4.09. The number of aryl methyl sites for hydroxylation is 2. The van der Waals surface area contributed by atoms with Crippen LogP contribution in [0.15, 0.2) is 39.7 Å². The summed E-state index contributed by atoms with van der Waals surface area (Å²) in [5, 5.41) is 9.35. The van der Waals surface area contributed by atoms with E-state index in [4.69, 9.17) is 16.6 Å². The lowest BCUT2D eigenvalue weighted by Gasteiger charge is -2.32. The standard InChI is InChI=1S/C23H23NO4S2/c1-13-5-3-6-14(2)20(13)18-10-9-17(28-18)12-19-21(25)24(23(29)30-19)16-8-4-7-15(11-16)22(26)27/h3,5-6,9-10,12,15-16H,4,7-8,11H2,1-2H3,(H,26,27)/b19-12+. The van der Waals surface area contributed by atoms with Crippen molar-refractivity contribution in [1.29, 1.82) is 0 Å². The first-order valence-corrected chi connectivity index (χ1v) is 11.2. The molecule has 1 aromatic heterocycles. The third-order valence-corrected chi connectivity index (χ3v) is 7.14. The predicted molar refractivity (Wildman–Crippen MR) is 122 cm³/mol. The lowest BCUT2D eigenvalue weighted by molar-refractivity contribution is -0.144. The molecular formula is C23H23NO4S2. The van der Waals surface area contributed by atoms with Crippen molar-refractivity contribution in [2.45, 2.75) is 45.6 Å². The maximum atomic E-state index is 13.0. The molecule has 5 nitrogen and oxygen atoms in total. The number of hydrogen-bond acceptors (Lipinski definition) is 5. The van der Waals surface area contributed by atoms with Gasteiger partial charge in [-0.1, -0.05) is 48.6 Å². The van der Waals surface area contributed by atoms with Gasteiger partial charge in [-0.25, -0.2) is 0 Å². The van der Waals surface area contributed by atoms with Crippen LogP contribution in [0.4, 0.5) is 0 Å². The maximum Gasteiger partial charge on any atom is 0.306 e. The second-order valence-corrected chi connectivity index (χ2v) is 9.55. The van der Waals surface area contributed by atoms with Crippen LogP contribution in [0.1, 0.15) is 42.6 Å². The number of hydrogen-bond donors (Lipinski definition) is 1. The van der Waals surface area contributed by atoms with E-state index in [0.29, 0.717) is 27.8 Å². The van der Waals surface area contributed by atoms with Gasteiger partial charge in [-0.2, -0.15) is 0 Å². The SMILES string of the molecule is Cc1cccc(C)c1-c1ccc(/C=C2/SC(=S)N(C3CCCC(C(=O)O)C3)C2=O)o1. The molecule has 2 aliphatic rings. The summed E-state index contributed by atoms with van der Waals surface area (Å²) in [7, 11) is 0. The fraction of sp³-hybridized carbons (Fsp3) is 0.348. The Hall–Kier alpha value is -2.38. The number of furan rings is 1. The minimum atomic E-state index is -0.796. The number of carboxylic acids is 1. The highest BCUT2D eigenvalue weighted by atomic mass is 32.2. The number of benzene rings is 1. The van der Waals surface area contributed by atoms with Crippen molar-refractivity contribution in [1.82, 2.24) is 4.90 Å². The molecule has 0 radical (unpaired) electrons. The number of carboxylic acid groups (broad SMARTS) is 1. The van der Waals surface area contributed by atoms with E-state index in [0.717, 1.165) is 35.3 Å². The summed E-state index contributed by atoms with van der Waals surface area (Å²) in [6, 6.07) is 9.73. The van der Waals surface area contributed by atoms with Crippen molar-refractivity contribution in [3.05, 3.63) is 52.1 Å². The fourth-order valence-electron chi connectivity index (χ4n) is 4.31. The third-order valence-electron chi connectivity index (χ3n) is 5.81. The number of amides is 1. The van der Waals surface area contributed by atoms with Gasteiger partial charge in [0.2, 0.25) is 0 Å². The van der Waals surface area contributed by atoms with E-state index >= 15 is 0 Å². The summed E-state index contributed by atoms with van der Waals surface area (Å²) >= 11 is 6.71. The van der Waals surface area contributed by atoms with Gasteiger partial charge < -0.3 is 9.52 Å². The molecule has 4 rings (SSSR count). The smallest absolute Gasteiger partial charge is 0.306 e.